The van der Waals surface area contributed by atoms with E-state index in [0.717, 1.165) is 16.7 Å². The van der Waals surface area contributed by atoms with Gasteiger partial charge in [0.05, 0.1) is 12.8 Å². The minimum Gasteiger partial charge on any atom is -0.468 e. The van der Waals surface area contributed by atoms with Crippen molar-refractivity contribution in [2.45, 2.75) is 6.54 Å². The molecule has 1 aromatic carbocycles. The summed E-state index contributed by atoms with van der Waals surface area (Å²) in [5, 5.41) is 1.01. The molecular weight excluding hydrogens is 242 g/mol. The Morgan fingerprint density at radius 1 is 1.21 bits per heavy atom. The molecule has 0 saturated carbocycles. The Hall–Kier alpha value is -2.53. The van der Waals surface area contributed by atoms with Crippen LogP contribution in [0.15, 0.2) is 53.1 Å². The van der Waals surface area contributed by atoms with E-state index in [4.69, 9.17) is 4.42 Å². The third kappa shape index (κ3) is 2.51. The van der Waals surface area contributed by atoms with E-state index < -0.39 is 0 Å². The molecule has 96 valence electrons. The molecule has 5 heteroatoms. The molecule has 3 aromatic rings. The highest BCUT2D eigenvalue weighted by Crippen LogP contribution is 2.14. The summed E-state index contributed by atoms with van der Waals surface area (Å²) >= 11 is 0. The molecule has 3 N–H and O–H groups in total. The van der Waals surface area contributed by atoms with E-state index in [1.807, 2.05) is 36.4 Å². The van der Waals surface area contributed by atoms with Crippen molar-refractivity contribution in [1.82, 2.24) is 15.8 Å². The number of fused-ring (bicyclic) bond motifs is 1. The van der Waals surface area contributed by atoms with Gasteiger partial charge in [0.15, 0.2) is 0 Å². The number of furan rings is 1. The number of hydrogen-bond acceptors (Lipinski definition) is 3. The van der Waals surface area contributed by atoms with Crippen LogP contribution in [0.3, 0.4) is 0 Å². The maximum absolute atomic E-state index is 11.9. The van der Waals surface area contributed by atoms with Gasteiger partial charge in [0.2, 0.25) is 0 Å². The Kier molecular flexibility index (Phi) is 3.04. The molecule has 0 radical (unpaired) electrons. The highest BCUT2D eigenvalue weighted by Gasteiger charge is 2.08. The molecule has 2 aromatic heterocycles. The minimum atomic E-state index is -0.206. The van der Waals surface area contributed by atoms with Crippen LogP contribution in [0.5, 0.6) is 0 Å². The molecule has 2 heterocycles. The van der Waals surface area contributed by atoms with Gasteiger partial charge in [-0.3, -0.25) is 10.2 Å². The van der Waals surface area contributed by atoms with E-state index in [2.05, 4.69) is 15.8 Å². The molecular formula is C14H13N3O2. The van der Waals surface area contributed by atoms with E-state index in [-0.39, 0.29) is 5.91 Å². The van der Waals surface area contributed by atoms with Gasteiger partial charge in [-0.25, -0.2) is 5.43 Å². The first-order valence-corrected chi connectivity index (χ1v) is 5.96. The third-order valence-electron chi connectivity index (χ3n) is 2.82. The Morgan fingerprint density at radius 3 is 2.89 bits per heavy atom. The molecule has 3 rings (SSSR count). The third-order valence-corrected chi connectivity index (χ3v) is 2.82. The minimum absolute atomic E-state index is 0.206. The first-order chi connectivity index (χ1) is 9.33. The zero-order chi connectivity index (χ0) is 13.1. The topological polar surface area (TPSA) is 70.1 Å². The fraction of sp³-hybridized carbons (Fsp3) is 0.0714. The largest absolute Gasteiger partial charge is 0.468 e. The molecule has 0 unspecified atom stereocenters. The highest BCUT2D eigenvalue weighted by atomic mass is 16.3. The molecule has 0 spiro atoms. The summed E-state index contributed by atoms with van der Waals surface area (Å²) in [5.41, 5.74) is 6.90. The first-order valence-electron chi connectivity index (χ1n) is 5.96. The highest BCUT2D eigenvalue weighted by molar-refractivity contribution is 5.97. The summed E-state index contributed by atoms with van der Waals surface area (Å²) in [6, 6.07) is 13.2. The Morgan fingerprint density at radius 2 is 2.11 bits per heavy atom. The molecule has 5 nitrogen and oxygen atoms in total. The van der Waals surface area contributed by atoms with Crippen LogP contribution in [0, 0.1) is 0 Å². The summed E-state index contributed by atoms with van der Waals surface area (Å²) in [7, 11) is 0. The number of aromatic nitrogens is 1. The van der Waals surface area contributed by atoms with Gasteiger partial charge >= 0.3 is 0 Å². The zero-order valence-corrected chi connectivity index (χ0v) is 10.1. The SMILES string of the molecule is O=C(NNCc1ccco1)c1cc2ccccc2[nH]1. The summed E-state index contributed by atoms with van der Waals surface area (Å²) in [6.45, 7) is 0.443. The van der Waals surface area contributed by atoms with E-state index in [1.54, 1.807) is 12.3 Å². The first kappa shape index (κ1) is 11.6. The van der Waals surface area contributed by atoms with Gasteiger partial charge in [0.1, 0.15) is 11.5 Å². The summed E-state index contributed by atoms with van der Waals surface area (Å²) < 4.78 is 5.15. The van der Waals surface area contributed by atoms with Crippen molar-refractivity contribution in [2.75, 3.05) is 0 Å². The van der Waals surface area contributed by atoms with Crippen LogP contribution >= 0.6 is 0 Å². The van der Waals surface area contributed by atoms with Gasteiger partial charge in [0.25, 0.3) is 5.91 Å². The van der Waals surface area contributed by atoms with Crippen molar-refractivity contribution in [3.8, 4) is 0 Å². The summed E-state index contributed by atoms with van der Waals surface area (Å²) in [6.07, 6.45) is 1.59. The lowest BCUT2D eigenvalue weighted by Gasteiger charge is -2.03. The summed E-state index contributed by atoms with van der Waals surface area (Å²) in [5.74, 6) is 0.555. The Balaban J connectivity index is 1.63. The number of para-hydroxylation sites is 1. The standard InChI is InChI=1S/C14H13N3O2/c18-14(17-15-9-11-5-3-7-19-11)13-8-10-4-1-2-6-12(10)16-13/h1-8,15-16H,9H2,(H,17,18). The van der Waals surface area contributed by atoms with Crippen LogP contribution in [0.4, 0.5) is 0 Å². The number of carbonyl (C=O) groups excluding carboxylic acids is 1. The number of nitrogens with one attached hydrogen (secondary N) is 3. The van der Waals surface area contributed by atoms with E-state index >= 15 is 0 Å². The maximum atomic E-state index is 11.9. The van der Waals surface area contributed by atoms with Crippen LogP contribution in [-0.2, 0) is 6.54 Å². The molecule has 0 aliphatic rings. The Bertz CT molecular complexity index is 653. The summed E-state index contributed by atoms with van der Waals surface area (Å²) in [4.78, 5) is 15.0. The van der Waals surface area contributed by atoms with E-state index in [0.29, 0.717) is 12.2 Å². The van der Waals surface area contributed by atoms with Crippen molar-refractivity contribution >= 4 is 16.8 Å². The number of carbonyl (C=O) groups is 1. The molecule has 0 atom stereocenters. The molecule has 1 amide bonds. The van der Waals surface area contributed by atoms with Crippen molar-refractivity contribution in [1.29, 1.82) is 0 Å². The molecule has 19 heavy (non-hydrogen) atoms. The zero-order valence-electron chi connectivity index (χ0n) is 10.1. The predicted molar refractivity (Wildman–Crippen MR) is 71.3 cm³/mol. The van der Waals surface area contributed by atoms with E-state index in [1.165, 1.54) is 0 Å². The molecule has 0 aliphatic heterocycles. The molecule has 0 bridgehead atoms. The van der Waals surface area contributed by atoms with Crippen molar-refractivity contribution < 1.29 is 9.21 Å². The van der Waals surface area contributed by atoms with Crippen LogP contribution < -0.4 is 10.9 Å². The van der Waals surface area contributed by atoms with E-state index in [9.17, 15) is 4.79 Å². The van der Waals surface area contributed by atoms with Gasteiger partial charge in [0, 0.05) is 10.9 Å². The normalized spacial score (nSPS) is 10.7. The number of H-pyrrole nitrogens is 1. The van der Waals surface area contributed by atoms with Crippen LogP contribution in [0.2, 0.25) is 0 Å². The van der Waals surface area contributed by atoms with Gasteiger partial charge in [-0.2, -0.15) is 0 Å². The second-order valence-electron chi connectivity index (χ2n) is 4.16. The maximum Gasteiger partial charge on any atom is 0.281 e. The number of benzene rings is 1. The van der Waals surface area contributed by atoms with Crippen molar-refractivity contribution in [2.24, 2.45) is 0 Å². The molecule has 0 fully saturated rings. The van der Waals surface area contributed by atoms with Gasteiger partial charge in [-0.1, -0.05) is 18.2 Å². The number of hydrazine groups is 1. The quantitative estimate of drug-likeness (QED) is 0.626. The average molecular weight is 255 g/mol. The van der Waals surface area contributed by atoms with Crippen LogP contribution in [0.25, 0.3) is 10.9 Å². The lowest BCUT2D eigenvalue weighted by Crippen LogP contribution is -2.36. The van der Waals surface area contributed by atoms with Crippen LogP contribution in [-0.4, -0.2) is 10.9 Å². The molecule has 0 aliphatic carbocycles. The van der Waals surface area contributed by atoms with Crippen LogP contribution in [0.1, 0.15) is 16.2 Å². The monoisotopic (exact) mass is 255 g/mol. The number of aromatic amines is 1. The number of rotatable bonds is 4. The number of hydrogen-bond donors (Lipinski definition) is 3. The average Bonchev–Trinajstić information content (AvgIpc) is 3.07. The lowest BCUT2D eigenvalue weighted by molar-refractivity contribution is 0.0927. The predicted octanol–water partition coefficient (Wildman–Crippen LogP) is 2.20. The second kappa shape index (κ2) is 4.99. The lowest BCUT2D eigenvalue weighted by atomic mass is 10.2. The van der Waals surface area contributed by atoms with Crippen molar-refractivity contribution in [3.05, 3.63) is 60.2 Å². The fourth-order valence-corrected chi connectivity index (χ4v) is 1.89. The molecule has 0 saturated heterocycles. The van der Waals surface area contributed by atoms with Gasteiger partial charge in [-0.15, -0.1) is 0 Å². The number of amides is 1. The Labute approximate surface area is 109 Å². The fourth-order valence-electron chi connectivity index (χ4n) is 1.89. The van der Waals surface area contributed by atoms with Crippen molar-refractivity contribution in [3.63, 3.8) is 0 Å². The van der Waals surface area contributed by atoms with Gasteiger partial charge in [-0.05, 0) is 24.3 Å². The second-order valence-corrected chi connectivity index (χ2v) is 4.16. The smallest absolute Gasteiger partial charge is 0.281 e. The van der Waals surface area contributed by atoms with Gasteiger partial charge < -0.3 is 9.40 Å².